The molecule has 5 atom stereocenters. The highest BCUT2D eigenvalue weighted by Gasteiger charge is 2.53. The molecule has 0 aliphatic carbocycles. The van der Waals surface area contributed by atoms with Crippen LogP contribution in [0.5, 0.6) is 0 Å². The van der Waals surface area contributed by atoms with Crippen molar-refractivity contribution in [1.29, 1.82) is 0 Å². The molecule has 0 radical (unpaired) electrons. The van der Waals surface area contributed by atoms with Crippen molar-refractivity contribution < 1.29 is 56.9 Å². The molecule has 0 aromatic rings. The molecule has 0 amide bonds. The largest absolute Gasteiger partial charge is 0.459 e. The van der Waals surface area contributed by atoms with Crippen LogP contribution in [-0.2, 0) is 52.4 Å². The van der Waals surface area contributed by atoms with Crippen LogP contribution < -0.4 is 0 Å². The number of rotatable bonds is 9. The Balaban J connectivity index is 3.21. The fourth-order valence-corrected chi connectivity index (χ4v) is 3.12. The van der Waals surface area contributed by atoms with Gasteiger partial charge in [-0.3, -0.25) is 19.2 Å². The first-order chi connectivity index (χ1) is 15.3. The molecule has 1 rings (SSSR count). The van der Waals surface area contributed by atoms with Crippen molar-refractivity contribution >= 4 is 29.8 Å². The van der Waals surface area contributed by atoms with Crippen LogP contribution in [-0.4, -0.2) is 98.8 Å². The first kappa shape index (κ1) is 27.9. The Morgan fingerprint density at radius 2 is 1.30 bits per heavy atom. The number of hydrogen-bond acceptors (Lipinski definition) is 11. The van der Waals surface area contributed by atoms with Crippen molar-refractivity contribution in [2.75, 3.05) is 33.8 Å². The number of carbonyl (C=O) groups is 5. The highest BCUT2D eigenvalue weighted by molar-refractivity contribution is 5.71. The molecule has 1 aliphatic rings. The van der Waals surface area contributed by atoms with Crippen LogP contribution in [0.2, 0.25) is 0 Å². The third-order valence-corrected chi connectivity index (χ3v) is 4.26. The van der Waals surface area contributed by atoms with Gasteiger partial charge >= 0.3 is 29.8 Å². The van der Waals surface area contributed by atoms with E-state index in [-0.39, 0.29) is 17.6 Å². The number of ether oxygens (including phenoxy) is 6. The van der Waals surface area contributed by atoms with Crippen LogP contribution >= 0.6 is 0 Å². The molecular weight excluding hydrogens is 442 g/mol. The maximum Gasteiger partial charge on any atom is 0.361 e. The minimum atomic E-state index is -1.53. The minimum Gasteiger partial charge on any atom is -0.459 e. The summed E-state index contributed by atoms with van der Waals surface area (Å²) in [6, 6.07) is 0. The van der Waals surface area contributed by atoms with Crippen molar-refractivity contribution in [3.05, 3.63) is 0 Å². The molecule has 1 aliphatic heterocycles. The second-order valence-electron chi connectivity index (χ2n) is 8.01. The second kappa shape index (κ2) is 12.2. The number of esters is 5. The predicted molar refractivity (Wildman–Crippen MR) is 109 cm³/mol. The third-order valence-electron chi connectivity index (χ3n) is 4.26. The number of likely N-dealkylation sites (N-methyl/N-ethyl adjacent to an activating group) is 1. The van der Waals surface area contributed by atoms with Gasteiger partial charge in [0, 0.05) is 27.7 Å². The molecule has 1 fully saturated rings. The fourth-order valence-electron chi connectivity index (χ4n) is 3.12. The Hall–Kier alpha value is -3.17. The zero-order valence-electron chi connectivity index (χ0n) is 19.5. The molecule has 1 unspecified atom stereocenters. The minimum absolute atomic E-state index is 0.0635. The standard InChI is InChI=1S/C21H30NO11/c1-8-9-22(6,7)10-17(27)28-11-16-18(29-12(2)23)19(30-13(3)24)20(31-14(4)25)21(33-16)32-15(5)26/h1,16,18-21H,9-11H2,2-7H3/q+1/t16-,18-,19+,20-,21?/m1/s1. The van der Waals surface area contributed by atoms with E-state index in [1.165, 1.54) is 0 Å². The summed E-state index contributed by atoms with van der Waals surface area (Å²) in [6.45, 7) is 4.13. The smallest absolute Gasteiger partial charge is 0.361 e. The molecule has 1 saturated heterocycles. The molecule has 0 aromatic carbocycles. The first-order valence-electron chi connectivity index (χ1n) is 10.0. The van der Waals surface area contributed by atoms with Gasteiger partial charge in [-0.2, -0.15) is 0 Å². The molecule has 0 aromatic heterocycles. The number of nitrogens with zero attached hydrogens (tertiary/aromatic N) is 1. The van der Waals surface area contributed by atoms with E-state index < -0.39 is 67.2 Å². The second-order valence-corrected chi connectivity index (χ2v) is 8.01. The average molecular weight is 472 g/mol. The van der Waals surface area contributed by atoms with Crippen LogP contribution in [0.15, 0.2) is 0 Å². The van der Waals surface area contributed by atoms with Crippen LogP contribution in [0.3, 0.4) is 0 Å². The van der Waals surface area contributed by atoms with Crippen LogP contribution in [0.4, 0.5) is 0 Å². The Morgan fingerprint density at radius 1 is 0.818 bits per heavy atom. The van der Waals surface area contributed by atoms with E-state index >= 15 is 0 Å². The lowest BCUT2D eigenvalue weighted by Gasteiger charge is -2.43. The molecule has 0 N–H and O–H groups in total. The van der Waals surface area contributed by atoms with E-state index in [1.54, 1.807) is 14.1 Å². The van der Waals surface area contributed by atoms with Gasteiger partial charge < -0.3 is 32.9 Å². The Labute approximate surface area is 191 Å². The molecule has 1 heterocycles. The quantitative estimate of drug-likeness (QED) is 0.182. The normalized spacial score (nSPS) is 24.6. The maximum absolute atomic E-state index is 12.3. The number of terminal acetylenes is 1. The molecular formula is C21H30NO11+. The van der Waals surface area contributed by atoms with E-state index in [9.17, 15) is 24.0 Å². The lowest BCUT2D eigenvalue weighted by molar-refractivity contribution is -0.875. The predicted octanol–water partition coefficient (Wildman–Crippen LogP) is -0.678. The first-order valence-corrected chi connectivity index (χ1v) is 10.0. The van der Waals surface area contributed by atoms with Gasteiger partial charge in [-0.25, -0.2) is 4.79 Å². The molecule has 12 nitrogen and oxygen atoms in total. The lowest BCUT2D eigenvalue weighted by atomic mass is 9.98. The molecule has 33 heavy (non-hydrogen) atoms. The Morgan fingerprint density at radius 3 is 1.79 bits per heavy atom. The lowest BCUT2D eigenvalue weighted by Crippen LogP contribution is -2.63. The molecule has 184 valence electrons. The van der Waals surface area contributed by atoms with E-state index in [1.807, 2.05) is 0 Å². The summed E-state index contributed by atoms with van der Waals surface area (Å²) in [4.78, 5) is 59.0. The van der Waals surface area contributed by atoms with E-state index in [4.69, 9.17) is 34.8 Å². The third kappa shape index (κ3) is 9.46. The van der Waals surface area contributed by atoms with Crippen molar-refractivity contribution in [2.45, 2.75) is 58.4 Å². The van der Waals surface area contributed by atoms with E-state index in [0.717, 1.165) is 27.7 Å². The van der Waals surface area contributed by atoms with Gasteiger partial charge in [0.2, 0.25) is 12.4 Å². The van der Waals surface area contributed by atoms with Crippen LogP contribution in [0.25, 0.3) is 0 Å². The maximum atomic E-state index is 12.3. The van der Waals surface area contributed by atoms with Crippen molar-refractivity contribution in [3.8, 4) is 12.3 Å². The molecule has 0 bridgehead atoms. The monoisotopic (exact) mass is 472 g/mol. The Kier molecular flexibility index (Phi) is 10.3. The Bertz CT molecular complexity index is 801. The summed E-state index contributed by atoms with van der Waals surface area (Å²) >= 11 is 0. The SMILES string of the molecule is C#CC[N+](C)(C)CC(=O)OC[C@H]1OC(OC(C)=O)[C@H](OC(C)=O)[C@@H](OC(C)=O)[C@@H]1OC(C)=O. The van der Waals surface area contributed by atoms with Crippen molar-refractivity contribution in [2.24, 2.45) is 0 Å². The summed E-state index contributed by atoms with van der Waals surface area (Å²) in [7, 11) is 3.47. The van der Waals surface area contributed by atoms with E-state index in [2.05, 4.69) is 5.92 Å². The fraction of sp³-hybridized carbons (Fsp3) is 0.667. The topological polar surface area (TPSA) is 141 Å². The van der Waals surface area contributed by atoms with Gasteiger partial charge in [-0.05, 0) is 5.92 Å². The van der Waals surface area contributed by atoms with Gasteiger partial charge in [-0.15, -0.1) is 6.42 Å². The highest BCUT2D eigenvalue weighted by Crippen LogP contribution is 2.30. The zero-order chi connectivity index (χ0) is 25.3. The summed E-state index contributed by atoms with van der Waals surface area (Å²) in [6.07, 6.45) is -1.65. The number of carbonyl (C=O) groups excluding carboxylic acids is 5. The number of hydrogen-bond donors (Lipinski definition) is 0. The summed E-state index contributed by atoms with van der Waals surface area (Å²) in [5.41, 5.74) is 0. The molecule has 12 heteroatoms. The van der Waals surface area contributed by atoms with Crippen molar-refractivity contribution in [1.82, 2.24) is 0 Å². The van der Waals surface area contributed by atoms with Crippen molar-refractivity contribution in [3.63, 3.8) is 0 Å². The highest BCUT2D eigenvalue weighted by atomic mass is 16.7. The summed E-state index contributed by atoms with van der Waals surface area (Å²) in [5, 5.41) is 0. The molecule has 0 spiro atoms. The van der Waals surface area contributed by atoms with Gasteiger partial charge in [-0.1, -0.05) is 0 Å². The van der Waals surface area contributed by atoms with Gasteiger partial charge in [0.05, 0.1) is 14.1 Å². The number of quaternary nitrogens is 1. The summed E-state index contributed by atoms with van der Waals surface area (Å²) < 4.78 is 31.8. The van der Waals surface area contributed by atoms with Crippen LogP contribution in [0, 0.1) is 12.3 Å². The van der Waals surface area contributed by atoms with Gasteiger partial charge in [0.15, 0.2) is 18.8 Å². The van der Waals surface area contributed by atoms with Gasteiger partial charge in [0.1, 0.15) is 19.3 Å². The van der Waals surface area contributed by atoms with E-state index in [0.29, 0.717) is 0 Å². The van der Waals surface area contributed by atoms with Crippen LogP contribution in [0.1, 0.15) is 27.7 Å². The zero-order valence-corrected chi connectivity index (χ0v) is 19.5. The summed E-state index contributed by atoms with van der Waals surface area (Å²) in [5.74, 6) is -1.30. The average Bonchev–Trinajstić information content (AvgIpc) is 2.63. The molecule has 0 saturated carbocycles. The van der Waals surface area contributed by atoms with Gasteiger partial charge in [0.25, 0.3) is 0 Å².